The van der Waals surface area contributed by atoms with Gasteiger partial charge in [-0.15, -0.1) is 0 Å². The van der Waals surface area contributed by atoms with E-state index in [1.807, 2.05) is 19.1 Å². The van der Waals surface area contributed by atoms with Crippen molar-refractivity contribution in [3.63, 3.8) is 0 Å². The van der Waals surface area contributed by atoms with Crippen LogP contribution in [-0.2, 0) is 11.2 Å². The highest BCUT2D eigenvalue weighted by atomic mass is 16.4. The Hall–Kier alpha value is -1.38. The molecule has 3 nitrogen and oxygen atoms in total. The monoisotopic (exact) mass is 245 g/mol. The lowest BCUT2D eigenvalue weighted by Crippen LogP contribution is -2.39. The Morgan fingerprint density at radius 1 is 1.56 bits per heavy atom. The van der Waals surface area contributed by atoms with Crippen LogP contribution < -0.4 is 0 Å². The third-order valence-electron chi connectivity index (χ3n) is 5.00. The Labute approximate surface area is 107 Å². The van der Waals surface area contributed by atoms with Crippen molar-refractivity contribution >= 4 is 5.97 Å². The van der Waals surface area contributed by atoms with E-state index in [0.29, 0.717) is 18.3 Å². The minimum atomic E-state index is -0.611. The number of carboxylic acids is 1. The normalized spacial score (nSPS) is 33.8. The van der Waals surface area contributed by atoms with Crippen LogP contribution in [0.3, 0.4) is 0 Å². The van der Waals surface area contributed by atoms with Gasteiger partial charge in [0.1, 0.15) is 0 Å². The average Bonchev–Trinajstić information content (AvgIpc) is 2.93. The molecule has 2 aliphatic rings. The summed E-state index contributed by atoms with van der Waals surface area (Å²) >= 11 is 0. The standard InChI is InChI=1S/C15H19NO2/c1-10-3-2-6-16-13(10)9-15(14(17)18)8-11-4-5-12(15)7-11/h2-3,6,11-12H,4-5,7-9H2,1H3,(H,17,18). The van der Waals surface area contributed by atoms with Crippen molar-refractivity contribution < 1.29 is 9.90 Å². The van der Waals surface area contributed by atoms with Gasteiger partial charge in [0.15, 0.2) is 0 Å². The number of aliphatic carboxylic acids is 1. The third-order valence-corrected chi connectivity index (χ3v) is 5.00. The van der Waals surface area contributed by atoms with Crippen molar-refractivity contribution in [2.75, 3.05) is 0 Å². The van der Waals surface area contributed by atoms with Crippen LogP contribution in [0.4, 0.5) is 0 Å². The van der Waals surface area contributed by atoms with Crippen LogP contribution in [0.2, 0.25) is 0 Å². The highest BCUT2D eigenvalue weighted by Gasteiger charge is 2.55. The molecule has 2 fully saturated rings. The molecule has 3 rings (SSSR count). The molecular weight excluding hydrogens is 226 g/mol. The number of nitrogens with zero attached hydrogens (tertiary/aromatic N) is 1. The van der Waals surface area contributed by atoms with Gasteiger partial charge < -0.3 is 5.11 Å². The number of hydrogen-bond acceptors (Lipinski definition) is 2. The van der Waals surface area contributed by atoms with Crippen LogP contribution in [0.15, 0.2) is 18.3 Å². The summed E-state index contributed by atoms with van der Waals surface area (Å²) in [5.41, 5.74) is 1.54. The maximum atomic E-state index is 11.8. The highest BCUT2D eigenvalue weighted by molar-refractivity contribution is 5.76. The van der Waals surface area contributed by atoms with Gasteiger partial charge in [0, 0.05) is 18.3 Å². The molecule has 96 valence electrons. The molecule has 2 bridgehead atoms. The fraction of sp³-hybridized carbons (Fsp3) is 0.600. The first kappa shape index (κ1) is 11.7. The number of fused-ring (bicyclic) bond motifs is 2. The van der Waals surface area contributed by atoms with Crippen LogP contribution in [0.1, 0.15) is 36.9 Å². The van der Waals surface area contributed by atoms with E-state index >= 15 is 0 Å². The van der Waals surface area contributed by atoms with Gasteiger partial charge in [-0.2, -0.15) is 0 Å². The van der Waals surface area contributed by atoms with Gasteiger partial charge in [-0.05, 0) is 49.7 Å². The molecule has 3 unspecified atom stereocenters. The first-order valence-corrected chi connectivity index (χ1v) is 6.76. The number of carboxylic acid groups (broad SMARTS) is 1. The summed E-state index contributed by atoms with van der Waals surface area (Å²) in [7, 11) is 0. The van der Waals surface area contributed by atoms with Crippen molar-refractivity contribution in [3.05, 3.63) is 29.6 Å². The number of rotatable bonds is 3. The second kappa shape index (κ2) is 4.08. The highest BCUT2D eigenvalue weighted by Crippen LogP contribution is 2.57. The first-order valence-electron chi connectivity index (χ1n) is 6.76. The minimum Gasteiger partial charge on any atom is -0.481 e. The molecule has 2 saturated carbocycles. The molecule has 3 heteroatoms. The van der Waals surface area contributed by atoms with Crippen LogP contribution in [-0.4, -0.2) is 16.1 Å². The molecule has 0 saturated heterocycles. The maximum Gasteiger partial charge on any atom is 0.310 e. The zero-order valence-corrected chi connectivity index (χ0v) is 10.7. The molecule has 1 aromatic heterocycles. The van der Waals surface area contributed by atoms with Crippen molar-refractivity contribution in [1.82, 2.24) is 4.98 Å². The Bertz CT molecular complexity index is 485. The van der Waals surface area contributed by atoms with E-state index in [1.54, 1.807) is 6.20 Å². The van der Waals surface area contributed by atoms with E-state index in [-0.39, 0.29) is 0 Å². The molecule has 0 spiro atoms. The van der Waals surface area contributed by atoms with Crippen molar-refractivity contribution in [3.8, 4) is 0 Å². The average molecular weight is 245 g/mol. The lowest BCUT2D eigenvalue weighted by molar-refractivity contribution is -0.152. The van der Waals surface area contributed by atoms with Crippen LogP contribution in [0, 0.1) is 24.2 Å². The fourth-order valence-corrected chi connectivity index (χ4v) is 4.00. The largest absolute Gasteiger partial charge is 0.481 e. The molecule has 1 aromatic rings. The van der Waals surface area contributed by atoms with Crippen LogP contribution in [0.25, 0.3) is 0 Å². The molecule has 2 aliphatic carbocycles. The first-order chi connectivity index (χ1) is 8.62. The summed E-state index contributed by atoms with van der Waals surface area (Å²) in [4.78, 5) is 16.2. The summed E-state index contributed by atoms with van der Waals surface area (Å²) in [5, 5.41) is 9.71. The Morgan fingerprint density at radius 2 is 2.39 bits per heavy atom. The topological polar surface area (TPSA) is 50.2 Å². The van der Waals surface area contributed by atoms with Crippen molar-refractivity contribution in [1.29, 1.82) is 0 Å². The van der Waals surface area contributed by atoms with E-state index in [9.17, 15) is 9.90 Å². The fourth-order valence-electron chi connectivity index (χ4n) is 4.00. The summed E-state index contributed by atoms with van der Waals surface area (Å²) in [6.45, 7) is 2.02. The van der Waals surface area contributed by atoms with Crippen LogP contribution >= 0.6 is 0 Å². The van der Waals surface area contributed by atoms with Gasteiger partial charge in [-0.3, -0.25) is 9.78 Å². The number of hydrogen-bond donors (Lipinski definition) is 1. The van der Waals surface area contributed by atoms with E-state index < -0.39 is 11.4 Å². The predicted molar refractivity (Wildman–Crippen MR) is 68.2 cm³/mol. The molecule has 0 aromatic carbocycles. The zero-order chi connectivity index (χ0) is 12.8. The lowest BCUT2D eigenvalue weighted by atomic mass is 9.70. The number of pyridine rings is 1. The summed E-state index contributed by atoms with van der Waals surface area (Å²) in [6, 6.07) is 3.93. The molecule has 0 radical (unpaired) electrons. The van der Waals surface area contributed by atoms with Crippen LogP contribution in [0.5, 0.6) is 0 Å². The maximum absolute atomic E-state index is 11.8. The Morgan fingerprint density at radius 3 is 2.94 bits per heavy atom. The summed E-state index contributed by atoms with van der Waals surface area (Å²) in [5.74, 6) is 0.385. The van der Waals surface area contributed by atoms with Gasteiger partial charge >= 0.3 is 5.97 Å². The molecule has 3 atom stereocenters. The van der Waals surface area contributed by atoms with Crippen molar-refractivity contribution in [2.45, 2.75) is 39.0 Å². The van der Waals surface area contributed by atoms with Gasteiger partial charge in [-0.1, -0.05) is 12.5 Å². The zero-order valence-electron chi connectivity index (χ0n) is 10.7. The second-order valence-electron chi connectivity index (χ2n) is 5.99. The predicted octanol–water partition coefficient (Wildman–Crippen LogP) is 2.82. The minimum absolute atomic E-state index is 0.362. The van der Waals surface area contributed by atoms with Crippen molar-refractivity contribution in [2.24, 2.45) is 17.3 Å². The summed E-state index contributed by atoms with van der Waals surface area (Å²) < 4.78 is 0. The number of carbonyl (C=O) groups is 1. The SMILES string of the molecule is Cc1cccnc1CC1(C(=O)O)CC2CCC1C2. The molecule has 18 heavy (non-hydrogen) atoms. The quantitative estimate of drug-likeness (QED) is 0.890. The Balaban J connectivity index is 1.93. The second-order valence-corrected chi connectivity index (χ2v) is 5.99. The molecule has 1 heterocycles. The number of aromatic nitrogens is 1. The van der Waals surface area contributed by atoms with Gasteiger partial charge in [-0.25, -0.2) is 0 Å². The lowest BCUT2D eigenvalue weighted by Gasteiger charge is -2.33. The smallest absolute Gasteiger partial charge is 0.310 e. The Kier molecular flexibility index (Phi) is 2.65. The molecule has 0 amide bonds. The van der Waals surface area contributed by atoms with E-state index in [4.69, 9.17) is 0 Å². The number of aryl methyl sites for hydroxylation is 1. The van der Waals surface area contributed by atoms with E-state index in [2.05, 4.69) is 4.98 Å². The van der Waals surface area contributed by atoms with E-state index in [0.717, 1.165) is 30.5 Å². The van der Waals surface area contributed by atoms with Gasteiger partial charge in [0.05, 0.1) is 5.41 Å². The third kappa shape index (κ3) is 1.64. The molecule has 0 aliphatic heterocycles. The van der Waals surface area contributed by atoms with E-state index in [1.165, 1.54) is 6.42 Å². The van der Waals surface area contributed by atoms with Gasteiger partial charge in [0.25, 0.3) is 0 Å². The van der Waals surface area contributed by atoms with Gasteiger partial charge in [0.2, 0.25) is 0 Å². The summed E-state index contributed by atoms with van der Waals surface area (Å²) in [6.07, 6.45) is 6.65. The molecule has 1 N–H and O–H groups in total. The molecular formula is C15H19NO2.